The van der Waals surface area contributed by atoms with E-state index >= 15 is 0 Å². The topological polar surface area (TPSA) is 69.0 Å². The summed E-state index contributed by atoms with van der Waals surface area (Å²) in [6.45, 7) is 3.50. The van der Waals surface area contributed by atoms with Crippen LogP contribution in [-0.4, -0.2) is 25.9 Å². The van der Waals surface area contributed by atoms with E-state index in [9.17, 15) is 13.6 Å². The Labute approximate surface area is 200 Å². The van der Waals surface area contributed by atoms with Crippen LogP contribution in [-0.2, 0) is 4.79 Å². The third kappa shape index (κ3) is 5.43. The maximum Gasteiger partial charge on any atom is 0.237 e. The molecule has 1 aromatic heterocycles. The van der Waals surface area contributed by atoms with Crippen LogP contribution in [0.25, 0.3) is 5.69 Å². The molecular formula is C25H22F2N4O2S. The van der Waals surface area contributed by atoms with Gasteiger partial charge in [0.05, 0.1) is 5.25 Å². The molecule has 0 fully saturated rings. The molecule has 174 valence electrons. The van der Waals surface area contributed by atoms with Crippen molar-refractivity contribution in [1.29, 1.82) is 0 Å². The molecule has 4 rings (SSSR count). The normalized spacial score (nSPS) is 12.7. The lowest BCUT2D eigenvalue weighted by molar-refractivity contribution is -0.115. The van der Waals surface area contributed by atoms with Crippen LogP contribution in [0, 0.1) is 11.6 Å². The molecule has 9 heteroatoms. The summed E-state index contributed by atoms with van der Waals surface area (Å²) in [7, 11) is 0. The Balaban J connectivity index is 1.58. The van der Waals surface area contributed by atoms with Crippen LogP contribution in [0.5, 0.6) is 5.75 Å². The molecule has 0 spiro atoms. The fourth-order valence-corrected chi connectivity index (χ4v) is 4.09. The van der Waals surface area contributed by atoms with Gasteiger partial charge in [-0.05, 0) is 62.4 Å². The molecule has 1 amide bonds. The van der Waals surface area contributed by atoms with Crippen molar-refractivity contribution in [3.63, 3.8) is 0 Å². The number of ether oxygens (including phenoxy) is 1. The Bertz CT molecular complexity index is 1270. The van der Waals surface area contributed by atoms with Gasteiger partial charge in [-0.3, -0.25) is 9.36 Å². The lowest BCUT2D eigenvalue weighted by Gasteiger charge is -2.18. The first-order valence-electron chi connectivity index (χ1n) is 10.6. The van der Waals surface area contributed by atoms with Gasteiger partial charge in [0, 0.05) is 11.4 Å². The summed E-state index contributed by atoms with van der Waals surface area (Å²) in [5.41, 5.74) is 1.27. The predicted molar refractivity (Wildman–Crippen MR) is 127 cm³/mol. The average Bonchev–Trinajstić information content (AvgIpc) is 3.26. The van der Waals surface area contributed by atoms with Gasteiger partial charge in [-0.2, -0.15) is 0 Å². The lowest BCUT2D eigenvalue weighted by Crippen LogP contribution is -2.23. The van der Waals surface area contributed by atoms with Crippen molar-refractivity contribution in [1.82, 2.24) is 14.8 Å². The molecule has 4 aromatic rings. The number of amides is 1. The largest absolute Gasteiger partial charge is 0.480 e. The van der Waals surface area contributed by atoms with Crippen LogP contribution in [0.4, 0.5) is 14.5 Å². The van der Waals surface area contributed by atoms with Crippen molar-refractivity contribution in [2.24, 2.45) is 0 Å². The molecule has 6 nitrogen and oxygen atoms in total. The molecule has 0 aliphatic carbocycles. The minimum absolute atomic E-state index is 0.110. The van der Waals surface area contributed by atoms with Gasteiger partial charge in [-0.25, -0.2) is 8.78 Å². The first-order valence-corrected chi connectivity index (χ1v) is 11.5. The number of halogens is 2. The van der Waals surface area contributed by atoms with E-state index in [1.165, 1.54) is 42.1 Å². The van der Waals surface area contributed by atoms with Crippen molar-refractivity contribution < 1.29 is 18.3 Å². The second-order valence-electron chi connectivity index (χ2n) is 7.46. The monoisotopic (exact) mass is 480 g/mol. The number of thioether (sulfide) groups is 1. The fraction of sp³-hybridized carbons (Fsp3) is 0.160. The summed E-state index contributed by atoms with van der Waals surface area (Å²) < 4.78 is 34.9. The number of aromatic nitrogens is 3. The summed E-state index contributed by atoms with van der Waals surface area (Å²) in [6, 6.07) is 21.1. The molecule has 34 heavy (non-hydrogen) atoms. The predicted octanol–water partition coefficient (Wildman–Crippen LogP) is 5.80. The average molecular weight is 481 g/mol. The van der Waals surface area contributed by atoms with E-state index < -0.39 is 17.2 Å². The second-order valence-corrected chi connectivity index (χ2v) is 8.77. The van der Waals surface area contributed by atoms with Crippen molar-refractivity contribution in [2.45, 2.75) is 30.4 Å². The van der Waals surface area contributed by atoms with Crippen molar-refractivity contribution in [2.75, 3.05) is 5.32 Å². The number of nitrogens with zero attached hydrogens (tertiary/aromatic N) is 3. The molecule has 3 aromatic carbocycles. The van der Waals surface area contributed by atoms with Gasteiger partial charge >= 0.3 is 0 Å². The molecule has 0 radical (unpaired) electrons. The van der Waals surface area contributed by atoms with Gasteiger partial charge in [0.2, 0.25) is 5.91 Å². The molecule has 0 saturated carbocycles. The standard InChI is InChI=1S/C25H22F2N4O2S/c1-16(33-22-11-7-6-10-21(22)27)23-29-30-25(31(23)20-8-4-3-5-9-20)34-17(2)24(32)28-19-14-12-18(26)13-15-19/h3-17H,1-2H3,(H,28,32). The van der Waals surface area contributed by atoms with Crippen LogP contribution in [0.15, 0.2) is 84.0 Å². The Hall–Kier alpha value is -3.72. The van der Waals surface area contributed by atoms with E-state index in [-0.39, 0.29) is 17.5 Å². The number of para-hydroxylation sites is 2. The number of hydrogen-bond donors (Lipinski definition) is 1. The van der Waals surface area contributed by atoms with Crippen LogP contribution in [0.2, 0.25) is 0 Å². The van der Waals surface area contributed by atoms with Gasteiger partial charge in [-0.1, -0.05) is 42.1 Å². The first-order chi connectivity index (χ1) is 16.4. The quantitative estimate of drug-likeness (QED) is 0.323. The van der Waals surface area contributed by atoms with Crippen LogP contribution in [0.3, 0.4) is 0 Å². The summed E-state index contributed by atoms with van der Waals surface area (Å²) in [6.07, 6.45) is -0.623. The maximum atomic E-state index is 14.1. The zero-order chi connectivity index (χ0) is 24.1. The van der Waals surface area contributed by atoms with Gasteiger partial charge in [0.1, 0.15) is 5.82 Å². The number of nitrogens with one attached hydrogen (secondary N) is 1. The van der Waals surface area contributed by atoms with E-state index in [2.05, 4.69) is 15.5 Å². The fourth-order valence-electron chi connectivity index (χ4n) is 3.21. The lowest BCUT2D eigenvalue weighted by atomic mass is 10.3. The smallest absolute Gasteiger partial charge is 0.237 e. The summed E-state index contributed by atoms with van der Waals surface area (Å²) in [4.78, 5) is 12.7. The Morgan fingerprint density at radius 1 is 0.941 bits per heavy atom. The van der Waals surface area contributed by atoms with Crippen LogP contribution >= 0.6 is 11.8 Å². The summed E-state index contributed by atoms with van der Waals surface area (Å²) in [5, 5.41) is 11.3. The summed E-state index contributed by atoms with van der Waals surface area (Å²) >= 11 is 1.22. The number of benzene rings is 3. The Morgan fingerprint density at radius 3 is 2.32 bits per heavy atom. The zero-order valence-electron chi connectivity index (χ0n) is 18.5. The van der Waals surface area contributed by atoms with Gasteiger partial charge in [0.15, 0.2) is 28.7 Å². The number of carbonyl (C=O) groups excluding carboxylic acids is 1. The molecule has 1 N–H and O–H groups in total. The highest BCUT2D eigenvalue weighted by Crippen LogP contribution is 2.31. The van der Waals surface area contributed by atoms with E-state index in [0.717, 1.165) is 5.69 Å². The highest BCUT2D eigenvalue weighted by Gasteiger charge is 2.25. The van der Waals surface area contributed by atoms with Crippen molar-refractivity contribution >= 4 is 23.4 Å². The molecule has 0 bridgehead atoms. The highest BCUT2D eigenvalue weighted by atomic mass is 32.2. The maximum absolute atomic E-state index is 14.1. The third-order valence-electron chi connectivity index (χ3n) is 4.94. The Morgan fingerprint density at radius 2 is 1.62 bits per heavy atom. The summed E-state index contributed by atoms with van der Waals surface area (Å²) in [5.74, 6) is -0.546. The van der Waals surface area contributed by atoms with Gasteiger partial charge in [0.25, 0.3) is 0 Å². The number of anilines is 1. The van der Waals surface area contributed by atoms with Crippen LogP contribution in [0.1, 0.15) is 25.8 Å². The van der Waals surface area contributed by atoms with E-state index in [1.807, 2.05) is 30.3 Å². The van der Waals surface area contributed by atoms with E-state index in [1.54, 1.807) is 36.6 Å². The highest BCUT2D eigenvalue weighted by molar-refractivity contribution is 8.00. The molecule has 0 saturated heterocycles. The van der Waals surface area contributed by atoms with Gasteiger partial charge in [-0.15, -0.1) is 10.2 Å². The number of rotatable bonds is 8. The zero-order valence-corrected chi connectivity index (χ0v) is 19.3. The third-order valence-corrected chi connectivity index (χ3v) is 5.98. The van der Waals surface area contributed by atoms with E-state index in [0.29, 0.717) is 16.7 Å². The molecule has 2 unspecified atom stereocenters. The van der Waals surface area contributed by atoms with Crippen molar-refractivity contribution in [3.8, 4) is 11.4 Å². The number of hydrogen-bond acceptors (Lipinski definition) is 5. The Kier molecular flexibility index (Phi) is 7.22. The SMILES string of the molecule is CC(Sc1nnc(C(C)Oc2ccccc2F)n1-c1ccccc1)C(=O)Nc1ccc(F)cc1. The molecular weight excluding hydrogens is 458 g/mol. The van der Waals surface area contributed by atoms with Crippen LogP contribution < -0.4 is 10.1 Å². The van der Waals surface area contributed by atoms with E-state index in [4.69, 9.17) is 4.74 Å². The second kappa shape index (κ2) is 10.5. The first kappa shape index (κ1) is 23.4. The van der Waals surface area contributed by atoms with Gasteiger partial charge < -0.3 is 10.1 Å². The molecule has 1 heterocycles. The molecule has 0 aliphatic rings. The number of carbonyl (C=O) groups is 1. The minimum Gasteiger partial charge on any atom is -0.480 e. The van der Waals surface area contributed by atoms with Crippen molar-refractivity contribution in [3.05, 3.63) is 96.3 Å². The molecule has 2 atom stereocenters. The molecule has 0 aliphatic heterocycles. The minimum atomic E-state index is -0.623.